The van der Waals surface area contributed by atoms with E-state index in [-0.39, 0.29) is 44.9 Å². The Balaban J connectivity index is 1.37. The first kappa shape index (κ1) is 32.4. The average molecular weight is 565 g/mol. The molecule has 40 heavy (non-hydrogen) atoms. The molecule has 1 aliphatic heterocycles. The molecule has 1 saturated heterocycles. The number of imide groups is 1. The normalized spacial score (nSPS) is 12.9. The number of hydrogen-bond acceptors (Lipinski definition) is 13. The van der Waals surface area contributed by atoms with Crippen LogP contribution in [0.4, 0.5) is 5.95 Å². The number of carbonyl (C=O) groups excluding carboxylic acids is 4. The monoisotopic (exact) mass is 564 g/mol. The number of nitrogens with one attached hydrogen (secondary N) is 1. The molecule has 0 aromatic carbocycles. The van der Waals surface area contributed by atoms with Crippen molar-refractivity contribution >= 4 is 41.8 Å². The first-order valence-corrected chi connectivity index (χ1v) is 12.7. The fourth-order valence-corrected chi connectivity index (χ4v) is 3.08. The number of hydroxylamine groups is 2. The highest BCUT2D eigenvalue weighted by Crippen LogP contribution is 2.12. The van der Waals surface area contributed by atoms with Crippen LogP contribution in [0.3, 0.4) is 0 Å². The molecule has 0 unspecified atom stereocenters. The van der Waals surface area contributed by atoms with Gasteiger partial charge in [0.05, 0.1) is 65.8 Å². The number of likely N-dealkylation sites (N-methyl/N-ethyl adjacent to an activating group) is 1. The molecular weight excluding hydrogens is 528 g/mol. The molecular formula is C25H36N6O9. The summed E-state index contributed by atoms with van der Waals surface area (Å²) < 4.78 is 21.5. The Hall–Kier alpha value is -3.79. The highest BCUT2D eigenvalue weighted by molar-refractivity contribution is 6.01. The van der Waals surface area contributed by atoms with Gasteiger partial charge in [0.2, 0.25) is 11.9 Å². The van der Waals surface area contributed by atoms with Gasteiger partial charge in [0.1, 0.15) is 0 Å². The van der Waals surface area contributed by atoms with Crippen molar-refractivity contribution in [3.05, 3.63) is 24.8 Å². The van der Waals surface area contributed by atoms with Gasteiger partial charge in [0, 0.05) is 26.4 Å². The number of anilines is 1. The predicted molar refractivity (Wildman–Crippen MR) is 141 cm³/mol. The SMILES string of the molecule is C=Cc1nc(C=C)nc(N(C)CC(=O)NCCOCCOCCOCCOCCC(=O)ON2C(=O)CCC2=O)n1. The molecule has 0 bridgehead atoms. The summed E-state index contributed by atoms with van der Waals surface area (Å²) in [4.78, 5) is 65.4. The van der Waals surface area contributed by atoms with Crippen molar-refractivity contribution in [2.75, 3.05) is 77.9 Å². The maximum absolute atomic E-state index is 12.2. The summed E-state index contributed by atoms with van der Waals surface area (Å²) in [6.07, 6.45) is 3.01. The van der Waals surface area contributed by atoms with Crippen LogP contribution in [-0.2, 0) is 43.0 Å². The molecule has 0 saturated carbocycles. The summed E-state index contributed by atoms with van der Waals surface area (Å²) in [6.45, 7) is 10.1. The fraction of sp³-hybridized carbons (Fsp3) is 0.560. The van der Waals surface area contributed by atoms with E-state index >= 15 is 0 Å². The van der Waals surface area contributed by atoms with E-state index in [2.05, 4.69) is 33.4 Å². The summed E-state index contributed by atoms with van der Waals surface area (Å²) in [5, 5.41) is 3.27. The van der Waals surface area contributed by atoms with Crippen molar-refractivity contribution in [1.29, 1.82) is 0 Å². The Bertz CT molecular complexity index is 980. The van der Waals surface area contributed by atoms with Crippen molar-refractivity contribution in [2.45, 2.75) is 19.3 Å². The number of amides is 3. The van der Waals surface area contributed by atoms with Gasteiger partial charge < -0.3 is 34.0 Å². The van der Waals surface area contributed by atoms with E-state index in [1.807, 2.05) is 0 Å². The second-order valence-electron chi connectivity index (χ2n) is 8.21. The van der Waals surface area contributed by atoms with Crippen LogP contribution in [0, 0.1) is 0 Å². The molecule has 0 atom stereocenters. The van der Waals surface area contributed by atoms with Gasteiger partial charge in [-0.25, -0.2) is 9.78 Å². The molecule has 15 nitrogen and oxygen atoms in total. The number of hydrogen-bond donors (Lipinski definition) is 1. The van der Waals surface area contributed by atoms with E-state index < -0.39 is 17.8 Å². The molecule has 1 aliphatic rings. The van der Waals surface area contributed by atoms with Crippen molar-refractivity contribution in [2.24, 2.45) is 0 Å². The van der Waals surface area contributed by atoms with Crippen LogP contribution in [0.1, 0.15) is 30.9 Å². The largest absolute Gasteiger partial charge is 0.378 e. The lowest BCUT2D eigenvalue weighted by molar-refractivity contribution is -0.198. The molecule has 0 aliphatic carbocycles. The Morgan fingerprint density at radius 2 is 1.35 bits per heavy atom. The second kappa shape index (κ2) is 18.5. The van der Waals surface area contributed by atoms with Crippen LogP contribution in [-0.4, -0.2) is 117 Å². The van der Waals surface area contributed by atoms with Crippen LogP contribution >= 0.6 is 0 Å². The molecule has 0 radical (unpaired) electrons. The summed E-state index contributed by atoms with van der Waals surface area (Å²) in [7, 11) is 1.70. The molecule has 1 aromatic rings. The average Bonchev–Trinajstić information content (AvgIpc) is 3.26. The minimum atomic E-state index is -0.712. The van der Waals surface area contributed by atoms with Crippen LogP contribution < -0.4 is 10.2 Å². The summed E-state index contributed by atoms with van der Waals surface area (Å²) in [5.41, 5.74) is 0. The molecule has 220 valence electrons. The Morgan fingerprint density at radius 1 is 0.850 bits per heavy atom. The number of aromatic nitrogens is 3. The van der Waals surface area contributed by atoms with E-state index in [4.69, 9.17) is 23.8 Å². The highest BCUT2D eigenvalue weighted by atomic mass is 16.7. The Morgan fingerprint density at radius 3 is 1.88 bits per heavy atom. The standard InChI is InChI=1S/C25H36N6O9/c1-4-19-27-20(5-2)29-25(28-19)30(3)18-21(32)26-9-11-37-13-15-39-17-16-38-14-12-36-10-8-24(35)40-31-22(33)6-7-23(31)34/h4-5H,1-2,6-18H2,3H3,(H,26,32). The number of nitrogens with zero attached hydrogens (tertiary/aromatic N) is 5. The van der Waals surface area contributed by atoms with E-state index in [0.717, 1.165) is 0 Å². The van der Waals surface area contributed by atoms with Gasteiger partial charge in [0.15, 0.2) is 11.6 Å². The summed E-state index contributed by atoms with van der Waals surface area (Å²) >= 11 is 0. The minimum absolute atomic E-state index is 0.0512. The van der Waals surface area contributed by atoms with Crippen LogP contribution in [0.25, 0.3) is 12.2 Å². The van der Waals surface area contributed by atoms with Crippen molar-refractivity contribution < 1.29 is 43.0 Å². The van der Waals surface area contributed by atoms with E-state index in [1.165, 1.54) is 12.2 Å². The molecule has 1 aromatic heterocycles. The van der Waals surface area contributed by atoms with Gasteiger partial charge in [-0.15, -0.1) is 5.06 Å². The maximum Gasteiger partial charge on any atom is 0.335 e. The van der Waals surface area contributed by atoms with Crippen LogP contribution in [0.5, 0.6) is 0 Å². The van der Waals surface area contributed by atoms with Gasteiger partial charge in [0.25, 0.3) is 11.8 Å². The number of rotatable bonds is 21. The smallest absolute Gasteiger partial charge is 0.335 e. The quantitative estimate of drug-likeness (QED) is 0.153. The van der Waals surface area contributed by atoms with Crippen molar-refractivity contribution in [3.8, 4) is 0 Å². The Kier molecular flexibility index (Phi) is 15.0. The van der Waals surface area contributed by atoms with Gasteiger partial charge >= 0.3 is 5.97 Å². The van der Waals surface area contributed by atoms with Crippen molar-refractivity contribution in [3.63, 3.8) is 0 Å². The summed E-state index contributed by atoms with van der Waals surface area (Å²) in [6, 6.07) is 0. The zero-order chi connectivity index (χ0) is 29.2. The molecule has 2 heterocycles. The lowest BCUT2D eigenvalue weighted by Crippen LogP contribution is -2.37. The van der Waals surface area contributed by atoms with Gasteiger partial charge in [-0.3, -0.25) is 14.4 Å². The van der Waals surface area contributed by atoms with E-state index in [1.54, 1.807) is 11.9 Å². The van der Waals surface area contributed by atoms with Gasteiger partial charge in [-0.2, -0.15) is 9.97 Å². The zero-order valence-electron chi connectivity index (χ0n) is 22.7. The molecule has 15 heteroatoms. The lowest BCUT2D eigenvalue weighted by Gasteiger charge is -2.17. The third-order valence-electron chi connectivity index (χ3n) is 5.08. The van der Waals surface area contributed by atoms with E-state index in [9.17, 15) is 19.2 Å². The van der Waals surface area contributed by atoms with Gasteiger partial charge in [-0.05, 0) is 12.2 Å². The van der Waals surface area contributed by atoms with Crippen LogP contribution in [0.15, 0.2) is 13.2 Å². The van der Waals surface area contributed by atoms with E-state index in [0.29, 0.717) is 68.8 Å². The third-order valence-corrected chi connectivity index (χ3v) is 5.08. The highest BCUT2D eigenvalue weighted by Gasteiger charge is 2.32. The summed E-state index contributed by atoms with van der Waals surface area (Å²) in [5.74, 6) is -0.823. The number of ether oxygens (including phenoxy) is 4. The number of carbonyl (C=O) groups is 4. The molecule has 1 N–H and O–H groups in total. The molecule has 0 spiro atoms. The molecule has 1 fully saturated rings. The predicted octanol–water partition coefficient (Wildman–Crippen LogP) is -0.226. The van der Waals surface area contributed by atoms with Crippen molar-refractivity contribution in [1.82, 2.24) is 25.3 Å². The first-order valence-electron chi connectivity index (χ1n) is 12.7. The fourth-order valence-electron chi connectivity index (χ4n) is 3.08. The maximum atomic E-state index is 12.2. The molecule has 2 rings (SSSR count). The zero-order valence-corrected chi connectivity index (χ0v) is 22.7. The first-order chi connectivity index (χ1) is 19.3. The second-order valence-corrected chi connectivity index (χ2v) is 8.21. The lowest BCUT2D eigenvalue weighted by atomic mass is 10.4. The topological polar surface area (TPSA) is 172 Å². The third kappa shape index (κ3) is 12.4. The van der Waals surface area contributed by atoms with Gasteiger partial charge in [-0.1, -0.05) is 13.2 Å². The minimum Gasteiger partial charge on any atom is -0.378 e. The Labute approximate surface area is 232 Å². The van der Waals surface area contributed by atoms with Crippen LogP contribution in [0.2, 0.25) is 0 Å². The molecule has 3 amide bonds.